The molecule has 23 heavy (non-hydrogen) atoms. The molecule has 0 heterocycles. The molecular weight excluding hydrogens is 366 g/mol. The molecular formula is C11H13F4NO5S2. The minimum absolute atomic E-state index is 0.0428. The molecule has 1 aromatic rings. The number of rotatable bonds is 5. The van der Waals surface area contributed by atoms with Gasteiger partial charge in [-0.2, -0.15) is 8.42 Å². The fraction of sp³-hybridized carbons (Fsp3) is 0.455. The van der Waals surface area contributed by atoms with Crippen LogP contribution in [-0.4, -0.2) is 45.0 Å². The highest BCUT2D eigenvalue weighted by Gasteiger charge is 2.43. The second-order valence-corrected chi connectivity index (χ2v) is 8.90. The molecule has 0 bridgehead atoms. The Morgan fingerprint density at radius 1 is 1.00 bits per heavy atom. The first-order valence-corrected chi connectivity index (χ1v) is 8.94. The summed E-state index contributed by atoms with van der Waals surface area (Å²) in [6.07, 6.45) is 0. The van der Waals surface area contributed by atoms with Crippen molar-refractivity contribution >= 4 is 20.1 Å². The van der Waals surface area contributed by atoms with E-state index in [2.05, 4.69) is 0 Å². The van der Waals surface area contributed by atoms with Gasteiger partial charge in [0.2, 0.25) is 10.0 Å². The summed E-state index contributed by atoms with van der Waals surface area (Å²) < 4.78 is 110. The van der Waals surface area contributed by atoms with Crippen LogP contribution in [0.4, 0.5) is 17.6 Å². The van der Waals surface area contributed by atoms with Gasteiger partial charge < -0.3 is 0 Å². The highest BCUT2D eigenvalue weighted by atomic mass is 32.2. The molecule has 2 atom stereocenters. The van der Waals surface area contributed by atoms with Crippen LogP contribution >= 0.6 is 0 Å². The van der Waals surface area contributed by atoms with Crippen molar-refractivity contribution in [3.05, 3.63) is 34.9 Å². The lowest BCUT2D eigenvalue weighted by molar-refractivity contribution is 0.399. The number of sulfonamides is 1. The zero-order chi connectivity index (χ0) is 18.3. The van der Waals surface area contributed by atoms with E-state index in [4.69, 9.17) is 4.55 Å². The van der Waals surface area contributed by atoms with Gasteiger partial charge in [0.25, 0.3) is 10.1 Å². The molecule has 1 N–H and O–H groups in total. The fourth-order valence-corrected chi connectivity index (χ4v) is 4.57. The molecule has 0 aliphatic heterocycles. The molecule has 132 valence electrons. The summed E-state index contributed by atoms with van der Waals surface area (Å²) in [5, 5.41) is -4.56. The smallest absolute Gasteiger partial charge is 0.269 e. The van der Waals surface area contributed by atoms with E-state index in [0.717, 1.165) is 14.1 Å². The van der Waals surface area contributed by atoms with Gasteiger partial charge >= 0.3 is 0 Å². The summed E-state index contributed by atoms with van der Waals surface area (Å²) in [7, 11) is -7.74. The molecule has 12 heteroatoms. The van der Waals surface area contributed by atoms with E-state index in [-0.39, 0.29) is 6.07 Å². The highest BCUT2D eigenvalue weighted by Crippen LogP contribution is 2.35. The van der Waals surface area contributed by atoms with Crippen LogP contribution in [-0.2, 0) is 20.1 Å². The van der Waals surface area contributed by atoms with Gasteiger partial charge in [0.05, 0.1) is 0 Å². The maximum Gasteiger partial charge on any atom is 0.269 e. The molecule has 0 aromatic heterocycles. The largest absolute Gasteiger partial charge is 0.285 e. The van der Waals surface area contributed by atoms with Crippen LogP contribution in [0, 0.1) is 23.3 Å². The Bertz CT molecular complexity index is 823. The maximum atomic E-state index is 13.9. The zero-order valence-corrected chi connectivity index (χ0v) is 13.7. The highest BCUT2D eigenvalue weighted by molar-refractivity contribution is 7.92. The molecule has 1 rings (SSSR count). The Kier molecular flexibility index (Phi) is 5.46. The Balaban J connectivity index is 3.82. The summed E-state index contributed by atoms with van der Waals surface area (Å²) >= 11 is 0. The van der Waals surface area contributed by atoms with E-state index >= 15 is 0 Å². The lowest BCUT2D eigenvalue weighted by Crippen LogP contribution is -2.38. The number of benzene rings is 1. The van der Waals surface area contributed by atoms with Crippen molar-refractivity contribution < 1.29 is 39.0 Å². The van der Waals surface area contributed by atoms with Crippen LogP contribution < -0.4 is 0 Å². The number of halogens is 4. The first-order chi connectivity index (χ1) is 10.2. The monoisotopic (exact) mass is 379 g/mol. The summed E-state index contributed by atoms with van der Waals surface area (Å²) in [5.74, 6) is -8.43. The minimum Gasteiger partial charge on any atom is -0.285 e. The molecule has 1 aromatic carbocycles. The minimum atomic E-state index is -5.03. The molecule has 0 saturated heterocycles. The van der Waals surface area contributed by atoms with Crippen LogP contribution in [0.15, 0.2) is 6.07 Å². The van der Waals surface area contributed by atoms with Gasteiger partial charge in [0, 0.05) is 19.7 Å². The summed E-state index contributed by atoms with van der Waals surface area (Å²) in [5.41, 5.74) is -1.25. The predicted octanol–water partition coefficient (Wildman–Crippen LogP) is 1.45. The molecule has 2 unspecified atom stereocenters. The van der Waals surface area contributed by atoms with Crippen molar-refractivity contribution in [3.63, 3.8) is 0 Å². The van der Waals surface area contributed by atoms with Crippen LogP contribution in [0.3, 0.4) is 0 Å². The lowest BCUT2D eigenvalue weighted by Gasteiger charge is -2.26. The quantitative estimate of drug-likeness (QED) is 0.362. The Hall–Kier alpha value is -1.24. The zero-order valence-electron chi connectivity index (χ0n) is 12.1. The lowest BCUT2D eigenvalue weighted by atomic mass is 10.1. The van der Waals surface area contributed by atoms with Crippen LogP contribution in [0.5, 0.6) is 0 Å². The van der Waals surface area contributed by atoms with Crippen molar-refractivity contribution in [2.24, 2.45) is 0 Å². The summed E-state index contributed by atoms with van der Waals surface area (Å²) in [6, 6.07) is 0.0428. The van der Waals surface area contributed by atoms with Crippen molar-refractivity contribution in [1.29, 1.82) is 0 Å². The molecule has 0 aliphatic carbocycles. The van der Waals surface area contributed by atoms with Crippen molar-refractivity contribution in [3.8, 4) is 0 Å². The molecule has 0 amide bonds. The molecule has 0 spiro atoms. The molecule has 0 saturated carbocycles. The van der Waals surface area contributed by atoms with E-state index in [9.17, 15) is 34.4 Å². The predicted molar refractivity (Wildman–Crippen MR) is 72.6 cm³/mol. The number of hydrogen-bond acceptors (Lipinski definition) is 4. The standard InChI is InChI=1S/C11H13F4NO5S2/c1-5(23(19,20)21)11(22(17,18)16(2)3)6-4-7(12)9(14)10(15)8(6)13/h4-5,11H,1-3H3,(H,19,20,21). The molecule has 0 radical (unpaired) electrons. The van der Waals surface area contributed by atoms with Crippen molar-refractivity contribution in [1.82, 2.24) is 4.31 Å². The molecule has 6 nitrogen and oxygen atoms in total. The Morgan fingerprint density at radius 3 is 1.87 bits per heavy atom. The van der Waals surface area contributed by atoms with Crippen LogP contribution in [0.1, 0.15) is 17.7 Å². The summed E-state index contributed by atoms with van der Waals surface area (Å²) in [6.45, 7) is 0.708. The average Bonchev–Trinajstić information content (AvgIpc) is 2.40. The third kappa shape index (κ3) is 3.65. The first kappa shape index (κ1) is 19.8. The molecule has 0 aliphatic rings. The Morgan fingerprint density at radius 2 is 1.48 bits per heavy atom. The van der Waals surface area contributed by atoms with E-state index in [1.807, 2.05) is 0 Å². The van der Waals surface area contributed by atoms with Gasteiger partial charge in [-0.1, -0.05) is 0 Å². The van der Waals surface area contributed by atoms with Gasteiger partial charge in [0.15, 0.2) is 23.3 Å². The maximum absolute atomic E-state index is 13.9. The SMILES string of the molecule is CC(C(c1cc(F)c(F)c(F)c1F)S(=O)(=O)N(C)C)S(=O)(=O)O. The van der Waals surface area contributed by atoms with E-state index in [0.29, 0.717) is 11.2 Å². The second-order valence-electron chi connectivity index (χ2n) is 4.86. The van der Waals surface area contributed by atoms with Gasteiger partial charge in [-0.3, -0.25) is 4.55 Å². The van der Waals surface area contributed by atoms with Gasteiger partial charge in [0.1, 0.15) is 10.5 Å². The third-order valence-corrected chi connectivity index (χ3v) is 6.87. The van der Waals surface area contributed by atoms with E-state index < -0.39 is 59.5 Å². The molecule has 0 fully saturated rings. The fourth-order valence-electron chi connectivity index (χ4n) is 1.84. The van der Waals surface area contributed by atoms with Crippen LogP contribution in [0.25, 0.3) is 0 Å². The Labute approximate surface area is 130 Å². The van der Waals surface area contributed by atoms with Crippen molar-refractivity contribution in [2.45, 2.75) is 17.4 Å². The number of hydrogen-bond donors (Lipinski definition) is 1. The topological polar surface area (TPSA) is 91.8 Å². The van der Waals surface area contributed by atoms with E-state index in [1.165, 1.54) is 0 Å². The second kappa shape index (κ2) is 6.34. The van der Waals surface area contributed by atoms with Gasteiger partial charge in [-0.15, -0.1) is 0 Å². The third-order valence-electron chi connectivity index (χ3n) is 3.16. The summed E-state index contributed by atoms with van der Waals surface area (Å²) in [4.78, 5) is 0. The van der Waals surface area contributed by atoms with Crippen LogP contribution in [0.2, 0.25) is 0 Å². The normalized spacial score (nSPS) is 15.7. The van der Waals surface area contributed by atoms with Gasteiger partial charge in [-0.25, -0.2) is 30.3 Å². The van der Waals surface area contributed by atoms with Crippen molar-refractivity contribution in [2.75, 3.05) is 14.1 Å². The van der Waals surface area contributed by atoms with E-state index in [1.54, 1.807) is 0 Å². The van der Waals surface area contributed by atoms with Gasteiger partial charge in [-0.05, 0) is 13.0 Å². The first-order valence-electron chi connectivity index (χ1n) is 5.93. The average molecular weight is 379 g/mol. The number of nitrogens with zero attached hydrogens (tertiary/aromatic N) is 1.